The van der Waals surface area contributed by atoms with Crippen molar-refractivity contribution in [3.63, 3.8) is 0 Å². The molecule has 1 aliphatic rings. The van der Waals surface area contributed by atoms with Gasteiger partial charge >= 0.3 is 5.97 Å². The smallest absolute Gasteiger partial charge is 0.325 e. The number of para-hydroxylation sites is 1. The Balaban J connectivity index is 1.78. The lowest BCUT2D eigenvalue weighted by atomic mass is 10.1. The fraction of sp³-hybridized carbons (Fsp3) is 0.174. The zero-order chi connectivity index (χ0) is 21.3. The Morgan fingerprint density at radius 3 is 2.53 bits per heavy atom. The van der Waals surface area contributed by atoms with Crippen molar-refractivity contribution in [2.75, 3.05) is 20.7 Å². The van der Waals surface area contributed by atoms with Crippen LogP contribution in [0.2, 0.25) is 0 Å². The van der Waals surface area contributed by atoms with Gasteiger partial charge in [0.05, 0.1) is 7.11 Å². The number of hydrogen-bond donors (Lipinski definition) is 0. The predicted octanol–water partition coefficient (Wildman–Crippen LogP) is 3.26. The van der Waals surface area contributed by atoms with Gasteiger partial charge < -0.3 is 14.2 Å². The molecule has 0 aliphatic carbocycles. The zero-order valence-electron chi connectivity index (χ0n) is 16.7. The molecule has 0 N–H and O–H groups in total. The monoisotopic (exact) mass is 419 g/mol. The summed E-state index contributed by atoms with van der Waals surface area (Å²) in [5.41, 5.74) is 3.49. The van der Waals surface area contributed by atoms with E-state index < -0.39 is 5.97 Å². The molecule has 1 aromatic heterocycles. The van der Waals surface area contributed by atoms with Crippen molar-refractivity contribution in [2.45, 2.75) is 6.54 Å². The highest BCUT2D eigenvalue weighted by atomic mass is 32.1. The van der Waals surface area contributed by atoms with Crippen LogP contribution in [0.25, 0.3) is 17.0 Å². The lowest BCUT2D eigenvalue weighted by Crippen LogP contribution is -2.33. The van der Waals surface area contributed by atoms with Gasteiger partial charge in [-0.2, -0.15) is 0 Å². The van der Waals surface area contributed by atoms with E-state index in [2.05, 4.69) is 22.8 Å². The maximum Gasteiger partial charge on any atom is 0.325 e. The van der Waals surface area contributed by atoms with Crippen LogP contribution in [0, 0.1) is 0 Å². The van der Waals surface area contributed by atoms with Crippen LogP contribution in [0.5, 0.6) is 0 Å². The number of likely N-dealkylation sites (N-methyl/N-ethyl adjacent to an activating group) is 1. The fourth-order valence-electron chi connectivity index (χ4n) is 3.59. The van der Waals surface area contributed by atoms with Crippen molar-refractivity contribution >= 4 is 46.2 Å². The Labute approximate surface area is 179 Å². The molecule has 1 amide bonds. The Bertz CT molecular complexity index is 1170. The summed E-state index contributed by atoms with van der Waals surface area (Å²) in [6.45, 7) is 0.600. The highest BCUT2D eigenvalue weighted by Crippen LogP contribution is 2.28. The topological polar surface area (TPSA) is 54.8 Å². The summed E-state index contributed by atoms with van der Waals surface area (Å²) in [6, 6.07) is 18.2. The first-order valence-corrected chi connectivity index (χ1v) is 9.90. The van der Waals surface area contributed by atoms with Crippen LogP contribution in [0.15, 0.2) is 66.5 Å². The maximum absolute atomic E-state index is 12.8. The molecule has 0 unspecified atom stereocenters. The number of carbonyl (C=O) groups is 2. The number of thiocarbonyl (C=S) groups is 1. The van der Waals surface area contributed by atoms with Crippen LogP contribution in [0.3, 0.4) is 0 Å². The number of carbonyl (C=O) groups excluding carboxylic acids is 2. The molecule has 0 bridgehead atoms. The highest BCUT2D eigenvalue weighted by Gasteiger charge is 2.37. The lowest BCUT2D eigenvalue weighted by Gasteiger charge is -2.16. The number of amides is 1. The summed E-state index contributed by atoms with van der Waals surface area (Å²) in [5, 5.41) is 1.30. The van der Waals surface area contributed by atoms with Crippen LogP contribution in [-0.4, -0.2) is 52.1 Å². The summed E-state index contributed by atoms with van der Waals surface area (Å²) in [7, 11) is 2.92. The van der Waals surface area contributed by atoms with Gasteiger partial charge in [0.2, 0.25) is 0 Å². The first kappa shape index (κ1) is 19.8. The SMILES string of the molecule is COC(=O)CN1C(=S)N(C)C(=O)/C1=C\c1cn(Cc2ccccc2)c2ccccc12. The normalized spacial score (nSPS) is 15.5. The summed E-state index contributed by atoms with van der Waals surface area (Å²) in [4.78, 5) is 27.6. The predicted molar refractivity (Wildman–Crippen MR) is 120 cm³/mol. The van der Waals surface area contributed by atoms with Crippen molar-refractivity contribution in [2.24, 2.45) is 0 Å². The Kier molecular flexibility index (Phi) is 5.37. The van der Waals surface area contributed by atoms with E-state index >= 15 is 0 Å². The van der Waals surface area contributed by atoms with Crippen molar-refractivity contribution in [3.8, 4) is 0 Å². The van der Waals surface area contributed by atoms with Gasteiger partial charge in [-0.3, -0.25) is 14.5 Å². The molecule has 6 nitrogen and oxygen atoms in total. The number of aromatic nitrogens is 1. The third kappa shape index (κ3) is 3.59. The van der Waals surface area contributed by atoms with Gasteiger partial charge in [-0.25, -0.2) is 0 Å². The second-order valence-electron chi connectivity index (χ2n) is 7.05. The van der Waals surface area contributed by atoms with E-state index in [1.54, 1.807) is 13.1 Å². The average molecular weight is 420 g/mol. The van der Waals surface area contributed by atoms with Gasteiger partial charge in [0, 0.05) is 36.3 Å². The second-order valence-corrected chi connectivity index (χ2v) is 7.42. The molecule has 1 fully saturated rings. The molecule has 1 aliphatic heterocycles. The molecule has 2 heterocycles. The standard InChI is InChI=1S/C23H21N3O3S/c1-24-22(28)20(26(23(24)30)15-21(27)29-2)12-17-14-25(13-16-8-4-3-5-9-16)19-11-7-6-10-18(17)19/h3-12,14H,13,15H2,1-2H3/b20-12+. The van der Waals surface area contributed by atoms with Crippen molar-refractivity contribution in [1.29, 1.82) is 0 Å². The quantitative estimate of drug-likeness (QED) is 0.361. The van der Waals surface area contributed by atoms with Gasteiger partial charge in [-0.05, 0) is 29.9 Å². The highest BCUT2D eigenvalue weighted by molar-refractivity contribution is 7.80. The van der Waals surface area contributed by atoms with Gasteiger partial charge in [0.15, 0.2) is 5.11 Å². The number of ether oxygens (including phenoxy) is 1. The molecule has 30 heavy (non-hydrogen) atoms. The lowest BCUT2D eigenvalue weighted by molar-refractivity contribution is -0.140. The molecular formula is C23H21N3O3S. The van der Waals surface area contributed by atoms with E-state index in [1.807, 2.05) is 42.6 Å². The minimum atomic E-state index is -0.460. The molecule has 7 heteroatoms. The van der Waals surface area contributed by atoms with Gasteiger partial charge in [0.1, 0.15) is 12.2 Å². The number of fused-ring (bicyclic) bond motifs is 1. The number of esters is 1. The first-order chi connectivity index (χ1) is 14.5. The number of nitrogens with zero attached hydrogens (tertiary/aromatic N) is 3. The maximum atomic E-state index is 12.8. The second kappa shape index (κ2) is 8.12. The van der Waals surface area contributed by atoms with E-state index in [9.17, 15) is 9.59 Å². The molecule has 152 valence electrons. The summed E-state index contributed by atoms with van der Waals surface area (Å²) >= 11 is 5.36. The summed E-state index contributed by atoms with van der Waals surface area (Å²) in [5.74, 6) is -0.707. The molecule has 4 rings (SSSR count). The van der Waals surface area contributed by atoms with Crippen LogP contribution < -0.4 is 0 Å². The van der Waals surface area contributed by atoms with E-state index in [0.717, 1.165) is 16.5 Å². The van der Waals surface area contributed by atoms with Crippen molar-refractivity contribution in [3.05, 3.63) is 77.6 Å². The number of methoxy groups -OCH3 is 1. The van der Waals surface area contributed by atoms with E-state index in [0.29, 0.717) is 12.2 Å². The number of benzene rings is 2. The Morgan fingerprint density at radius 1 is 1.10 bits per heavy atom. The number of hydrogen-bond acceptors (Lipinski definition) is 4. The van der Waals surface area contributed by atoms with Crippen LogP contribution in [0.4, 0.5) is 0 Å². The van der Waals surface area contributed by atoms with E-state index in [4.69, 9.17) is 17.0 Å². The van der Waals surface area contributed by atoms with Crippen LogP contribution >= 0.6 is 12.2 Å². The molecule has 0 atom stereocenters. The molecule has 1 saturated heterocycles. The third-order valence-corrected chi connectivity index (χ3v) is 5.65. The Morgan fingerprint density at radius 2 is 1.80 bits per heavy atom. The molecule has 0 saturated carbocycles. The minimum Gasteiger partial charge on any atom is -0.468 e. The van der Waals surface area contributed by atoms with Gasteiger partial charge in [0.25, 0.3) is 5.91 Å². The fourth-order valence-corrected chi connectivity index (χ4v) is 3.84. The van der Waals surface area contributed by atoms with Gasteiger partial charge in [-0.1, -0.05) is 48.5 Å². The Hall–Kier alpha value is -3.45. The van der Waals surface area contributed by atoms with Crippen molar-refractivity contribution < 1.29 is 14.3 Å². The van der Waals surface area contributed by atoms with Crippen molar-refractivity contribution in [1.82, 2.24) is 14.4 Å². The first-order valence-electron chi connectivity index (χ1n) is 9.49. The van der Waals surface area contributed by atoms with Gasteiger partial charge in [-0.15, -0.1) is 0 Å². The molecular weight excluding hydrogens is 398 g/mol. The third-order valence-electron chi connectivity index (χ3n) is 5.15. The minimum absolute atomic E-state index is 0.111. The molecule has 0 spiro atoms. The average Bonchev–Trinajstić information content (AvgIpc) is 3.20. The van der Waals surface area contributed by atoms with E-state index in [-0.39, 0.29) is 17.6 Å². The summed E-state index contributed by atoms with van der Waals surface area (Å²) in [6.07, 6.45) is 3.82. The largest absolute Gasteiger partial charge is 0.468 e. The summed E-state index contributed by atoms with van der Waals surface area (Å²) < 4.78 is 6.92. The number of rotatable bonds is 5. The molecule has 3 aromatic rings. The van der Waals surface area contributed by atoms with Crippen LogP contribution in [0.1, 0.15) is 11.1 Å². The zero-order valence-corrected chi connectivity index (χ0v) is 17.6. The van der Waals surface area contributed by atoms with E-state index in [1.165, 1.54) is 22.5 Å². The van der Waals surface area contributed by atoms with Crippen LogP contribution in [-0.2, 0) is 20.9 Å². The molecule has 2 aromatic carbocycles. The molecule has 0 radical (unpaired) electrons.